The monoisotopic (exact) mass is 354 g/mol. The molecule has 7 nitrogen and oxygen atoms in total. The number of carbonyl (C=O) groups excluding carboxylic acids is 2. The highest BCUT2D eigenvalue weighted by Crippen LogP contribution is 2.38. The highest BCUT2D eigenvalue weighted by Gasteiger charge is 2.21. The second-order valence-corrected chi connectivity index (χ2v) is 6.21. The predicted octanol–water partition coefficient (Wildman–Crippen LogP) is 1.89. The number of hydrogen-bond acceptors (Lipinski definition) is 6. The van der Waals surface area contributed by atoms with Gasteiger partial charge in [-0.15, -0.1) is 0 Å². The summed E-state index contributed by atoms with van der Waals surface area (Å²) < 4.78 is 15.8. The zero-order chi connectivity index (χ0) is 17.5. The third-order valence-electron chi connectivity index (χ3n) is 3.67. The summed E-state index contributed by atoms with van der Waals surface area (Å²) in [6, 6.07) is 3.59. The van der Waals surface area contributed by atoms with Crippen molar-refractivity contribution in [2.75, 3.05) is 40.2 Å². The molecule has 2 rings (SSSR count). The quantitative estimate of drug-likeness (QED) is 0.768. The van der Waals surface area contributed by atoms with Gasteiger partial charge in [-0.2, -0.15) is 0 Å². The van der Waals surface area contributed by atoms with Crippen LogP contribution in [0.1, 0.15) is 12.0 Å². The Morgan fingerprint density at radius 2 is 1.88 bits per heavy atom. The SMILES string of the molecule is COc1cc(CNC(=O)CCN2CCSC2=O)cc(OC)c1OC. The van der Waals surface area contributed by atoms with Gasteiger partial charge in [-0.25, -0.2) is 0 Å². The van der Waals surface area contributed by atoms with Crippen LogP contribution in [0.3, 0.4) is 0 Å². The number of hydrogen-bond donors (Lipinski definition) is 1. The minimum atomic E-state index is -0.103. The number of amides is 2. The molecule has 1 heterocycles. The average Bonchev–Trinajstić information content (AvgIpc) is 3.01. The Morgan fingerprint density at radius 3 is 2.38 bits per heavy atom. The molecule has 1 fully saturated rings. The van der Waals surface area contributed by atoms with Gasteiger partial charge in [0.05, 0.1) is 21.3 Å². The smallest absolute Gasteiger partial charge is 0.281 e. The summed E-state index contributed by atoms with van der Waals surface area (Å²) in [7, 11) is 4.63. The molecule has 1 aliphatic heterocycles. The molecule has 1 aromatic rings. The minimum Gasteiger partial charge on any atom is -0.493 e. The van der Waals surface area contributed by atoms with Crippen LogP contribution in [0, 0.1) is 0 Å². The molecule has 0 aromatic heterocycles. The topological polar surface area (TPSA) is 77.1 Å². The van der Waals surface area contributed by atoms with E-state index in [1.165, 1.54) is 11.8 Å². The molecule has 0 spiro atoms. The Morgan fingerprint density at radius 1 is 1.21 bits per heavy atom. The molecule has 132 valence electrons. The van der Waals surface area contributed by atoms with Crippen molar-refractivity contribution in [3.63, 3.8) is 0 Å². The first-order valence-electron chi connectivity index (χ1n) is 7.56. The maximum absolute atomic E-state index is 12.0. The van der Waals surface area contributed by atoms with E-state index in [0.717, 1.165) is 11.3 Å². The second-order valence-electron chi connectivity index (χ2n) is 5.16. The average molecular weight is 354 g/mol. The van der Waals surface area contributed by atoms with Crippen LogP contribution in [-0.2, 0) is 11.3 Å². The summed E-state index contributed by atoms with van der Waals surface area (Å²) in [5, 5.41) is 2.89. The molecule has 0 bridgehead atoms. The van der Waals surface area contributed by atoms with Crippen molar-refractivity contribution >= 4 is 22.9 Å². The van der Waals surface area contributed by atoms with E-state index in [9.17, 15) is 9.59 Å². The van der Waals surface area contributed by atoms with Crippen molar-refractivity contribution in [1.82, 2.24) is 10.2 Å². The lowest BCUT2D eigenvalue weighted by atomic mass is 10.1. The van der Waals surface area contributed by atoms with Gasteiger partial charge >= 0.3 is 0 Å². The van der Waals surface area contributed by atoms with E-state index in [4.69, 9.17) is 14.2 Å². The van der Waals surface area contributed by atoms with Crippen LogP contribution in [0.15, 0.2) is 12.1 Å². The first kappa shape index (κ1) is 18.3. The Labute approximate surface area is 145 Å². The summed E-state index contributed by atoms with van der Waals surface area (Å²) >= 11 is 1.29. The van der Waals surface area contributed by atoms with Crippen molar-refractivity contribution < 1.29 is 23.8 Å². The van der Waals surface area contributed by atoms with E-state index in [0.29, 0.717) is 36.9 Å². The van der Waals surface area contributed by atoms with Gasteiger partial charge in [0.15, 0.2) is 11.5 Å². The fourth-order valence-electron chi connectivity index (χ4n) is 2.39. The van der Waals surface area contributed by atoms with Gasteiger partial charge in [0.1, 0.15) is 0 Å². The molecule has 0 saturated carbocycles. The summed E-state index contributed by atoms with van der Waals surface area (Å²) in [6.07, 6.45) is 0.288. The molecule has 0 atom stereocenters. The highest BCUT2D eigenvalue weighted by molar-refractivity contribution is 8.13. The van der Waals surface area contributed by atoms with Crippen LogP contribution in [0.2, 0.25) is 0 Å². The van der Waals surface area contributed by atoms with Crippen LogP contribution in [0.4, 0.5) is 4.79 Å². The maximum atomic E-state index is 12.0. The van der Waals surface area contributed by atoms with Crippen LogP contribution in [0.25, 0.3) is 0 Å². The van der Waals surface area contributed by atoms with E-state index in [2.05, 4.69) is 5.32 Å². The number of carbonyl (C=O) groups is 2. The molecular weight excluding hydrogens is 332 g/mol. The van der Waals surface area contributed by atoms with Crippen molar-refractivity contribution in [2.24, 2.45) is 0 Å². The van der Waals surface area contributed by atoms with Gasteiger partial charge in [-0.1, -0.05) is 11.8 Å². The van der Waals surface area contributed by atoms with Crippen molar-refractivity contribution in [3.8, 4) is 17.2 Å². The van der Waals surface area contributed by atoms with Gasteiger partial charge in [0.2, 0.25) is 11.7 Å². The first-order valence-corrected chi connectivity index (χ1v) is 8.55. The maximum Gasteiger partial charge on any atom is 0.281 e. The van der Waals surface area contributed by atoms with E-state index >= 15 is 0 Å². The normalized spacial score (nSPS) is 13.8. The predicted molar refractivity (Wildman–Crippen MR) is 92.0 cm³/mol. The van der Waals surface area contributed by atoms with E-state index < -0.39 is 0 Å². The number of ether oxygens (including phenoxy) is 3. The van der Waals surface area contributed by atoms with Crippen molar-refractivity contribution in [2.45, 2.75) is 13.0 Å². The largest absolute Gasteiger partial charge is 0.493 e. The lowest BCUT2D eigenvalue weighted by molar-refractivity contribution is -0.121. The summed E-state index contributed by atoms with van der Waals surface area (Å²) in [5.41, 5.74) is 0.839. The summed E-state index contributed by atoms with van der Waals surface area (Å²) in [4.78, 5) is 25.2. The number of thioether (sulfide) groups is 1. The summed E-state index contributed by atoms with van der Waals surface area (Å²) in [5.74, 6) is 2.29. The molecule has 1 saturated heterocycles. The minimum absolute atomic E-state index is 0.0485. The van der Waals surface area contributed by atoms with E-state index in [1.54, 1.807) is 38.4 Å². The molecule has 2 amide bonds. The molecular formula is C16H22N2O5S. The van der Waals surface area contributed by atoms with Gasteiger partial charge in [-0.05, 0) is 17.7 Å². The fourth-order valence-corrected chi connectivity index (χ4v) is 3.24. The number of nitrogens with zero attached hydrogens (tertiary/aromatic N) is 1. The standard InChI is InChI=1S/C16H22N2O5S/c1-21-12-8-11(9-13(22-2)15(12)23-3)10-17-14(19)4-5-18-6-7-24-16(18)20/h8-9H,4-7,10H2,1-3H3,(H,17,19). The van der Waals surface area contributed by atoms with E-state index in [1.807, 2.05) is 0 Å². The molecule has 1 aromatic carbocycles. The first-order chi connectivity index (χ1) is 11.6. The number of nitrogens with one attached hydrogen (secondary N) is 1. The Hall–Kier alpha value is -2.09. The number of rotatable bonds is 8. The van der Waals surface area contributed by atoms with Crippen molar-refractivity contribution in [3.05, 3.63) is 17.7 Å². The van der Waals surface area contributed by atoms with E-state index in [-0.39, 0.29) is 17.6 Å². The zero-order valence-electron chi connectivity index (χ0n) is 14.1. The van der Waals surface area contributed by atoms with Crippen molar-refractivity contribution in [1.29, 1.82) is 0 Å². The van der Waals surface area contributed by atoms with Crippen LogP contribution in [0.5, 0.6) is 17.2 Å². The van der Waals surface area contributed by atoms with Gasteiger partial charge < -0.3 is 24.4 Å². The third kappa shape index (κ3) is 4.47. The Kier molecular flexibility index (Phi) is 6.60. The zero-order valence-corrected chi connectivity index (χ0v) is 14.9. The molecule has 0 unspecified atom stereocenters. The lowest BCUT2D eigenvalue weighted by Crippen LogP contribution is -2.30. The molecule has 0 radical (unpaired) electrons. The van der Waals surface area contributed by atoms with Gasteiger partial charge in [0.25, 0.3) is 5.24 Å². The van der Waals surface area contributed by atoms with Gasteiger partial charge in [-0.3, -0.25) is 9.59 Å². The summed E-state index contributed by atoms with van der Waals surface area (Å²) in [6.45, 7) is 1.51. The third-order valence-corrected chi connectivity index (χ3v) is 4.56. The Bertz CT molecular complexity index is 583. The highest BCUT2D eigenvalue weighted by atomic mass is 32.2. The molecule has 24 heavy (non-hydrogen) atoms. The van der Waals surface area contributed by atoms with Crippen LogP contribution in [-0.4, -0.2) is 56.2 Å². The number of methoxy groups -OCH3 is 3. The van der Waals surface area contributed by atoms with Gasteiger partial charge in [0, 0.05) is 31.8 Å². The van der Waals surface area contributed by atoms with Crippen LogP contribution < -0.4 is 19.5 Å². The van der Waals surface area contributed by atoms with Crippen LogP contribution >= 0.6 is 11.8 Å². The second kappa shape index (κ2) is 8.68. The molecule has 1 aliphatic rings. The molecule has 0 aliphatic carbocycles. The number of benzene rings is 1. The lowest BCUT2D eigenvalue weighted by Gasteiger charge is -2.15. The molecule has 8 heteroatoms. The fraction of sp³-hybridized carbons (Fsp3) is 0.500. The Balaban J connectivity index is 1.91. The molecule has 1 N–H and O–H groups in total.